The zero-order valence-electron chi connectivity index (χ0n) is 18.6. The van der Waals surface area contributed by atoms with E-state index in [4.69, 9.17) is 14.2 Å². The summed E-state index contributed by atoms with van der Waals surface area (Å²) in [6.07, 6.45) is 2.69. The molecule has 0 fully saturated rings. The third-order valence-electron chi connectivity index (χ3n) is 4.26. The molecule has 0 aliphatic rings. The summed E-state index contributed by atoms with van der Waals surface area (Å²) in [7, 11) is 1.30. The molecule has 1 heterocycles. The molecule has 0 aliphatic heterocycles. The molecule has 0 spiro atoms. The van der Waals surface area contributed by atoms with Crippen molar-refractivity contribution in [3.63, 3.8) is 0 Å². The van der Waals surface area contributed by atoms with Crippen molar-refractivity contribution in [2.45, 2.75) is 59.5 Å². The van der Waals surface area contributed by atoms with Gasteiger partial charge in [-0.1, -0.05) is 0 Å². The van der Waals surface area contributed by atoms with Crippen molar-refractivity contribution in [2.24, 2.45) is 5.41 Å². The van der Waals surface area contributed by atoms with Crippen LogP contribution in [0.3, 0.4) is 0 Å². The van der Waals surface area contributed by atoms with E-state index < -0.39 is 41.1 Å². The van der Waals surface area contributed by atoms with Crippen molar-refractivity contribution in [1.82, 2.24) is 4.98 Å². The highest BCUT2D eigenvalue weighted by Crippen LogP contribution is 2.34. The van der Waals surface area contributed by atoms with Crippen molar-refractivity contribution in [2.75, 3.05) is 20.3 Å². The number of rotatable bonds is 11. The third-order valence-corrected chi connectivity index (χ3v) is 4.26. The minimum Gasteiger partial charge on any atom is -0.466 e. The van der Waals surface area contributed by atoms with Gasteiger partial charge < -0.3 is 14.2 Å². The van der Waals surface area contributed by atoms with Gasteiger partial charge in [0.25, 0.3) is 0 Å². The lowest BCUT2D eigenvalue weighted by Crippen LogP contribution is -2.51. The normalized spacial score (nSPS) is 13.3. The highest BCUT2D eigenvalue weighted by Gasteiger charge is 2.54. The average Bonchev–Trinajstić information content (AvgIpc) is 2.63. The Bertz CT molecular complexity index is 782. The molecule has 1 atom stereocenters. The van der Waals surface area contributed by atoms with Gasteiger partial charge in [0.2, 0.25) is 0 Å². The van der Waals surface area contributed by atoms with Crippen LogP contribution in [0, 0.1) is 12.3 Å². The number of esters is 2. The summed E-state index contributed by atoms with van der Waals surface area (Å²) in [6, 6.07) is 1.56. The number of Topliss-reactive ketones (excluding diaryl/α,β-unsaturated/α-hetero) is 2. The molecule has 30 heavy (non-hydrogen) atoms. The number of nitrogens with zero attached hydrogens (tertiary/aromatic N) is 1. The molecule has 1 aromatic rings. The Labute approximate surface area is 177 Å². The Morgan fingerprint density at radius 2 is 1.77 bits per heavy atom. The molecule has 1 aromatic heterocycles. The summed E-state index contributed by atoms with van der Waals surface area (Å²) < 4.78 is 15.3. The molecule has 0 N–H and O–H groups in total. The topological polar surface area (TPSA) is 109 Å². The number of hydrogen-bond donors (Lipinski definition) is 0. The van der Waals surface area contributed by atoms with E-state index in [1.54, 1.807) is 46.9 Å². The molecular formula is C22H31NO7. The Hall–Kier alpha value is -2.61. The van der Waals surface area contributed by atoms with Crippen LogP contribution in [0.1, 0.15) is 62.9 Å². The number of carbonyl (C=O) groups excluding carboxylic acids is 4. The lowest BCUT2D eigenvalue weighted by Gasteiger charge is -2.32. The monoisotopic (exact) mass is 421 g/mol. The van der Waals surface area contributed by atoms with E-state index in [1.165, 1.54) is 13.3 Å². The number of methoxy groups -OCH3 is 1. The molecular weight excluding hydrogens is 390 g/mol. The van der Waals surface area contributed by atoms with Gasteiger partial charge in [0.05, 0.1) is 6.61 Å². The fraction of sp³-hybridized carbons (Fsp3) is 0.591. The van der Waals surface area contributed by atoms with Gasteiger partial charge in [-0.05, 0) is 59.1 Å². The van der Waals surface area contributed by atoms with Crippen molar-refractivity contribution in [1.29, 1.82) is 0 Å². The Kier molecular flexibility index (Phi) is 9.29. The van der Waals surface area contributed by atoms with Gasteiger partial charge in [-0.15, -0.1) is 0 Å². The maximum Gasteiger partial charge on any atom is 0.328 e. The van der Waals surface area contributed by atoms with Crippen molar-refractivity contribution < 1.29 is 33.4 Å². The molecule has 0 saturated carbocycles. The Morgan fingerprint density at radius 3 is 2.30 bits per heavy atom. The summed E-state index contributed by atoms with van der Waals surface area (Å²) in [5.41, 5.74) is -2.26. The minimum absolute atomic E-state index is 0.0437. The largest absolute Gasteiger partial charge is 0.466 e. The molecule has 8 nitrogen and oxygen atoms in total. The second-order valence-corrected chi connectivity index (χ2v) is 8.00. The second kappa shape index (κ2) is 11.0. The van der Waals surface area contributed by atoms with Crippen LogP contribution >= 0.6 is 0 Å². The second-order valence-electron chi connectivity index (χ2n) is 8.00. The van der Waals surface area contributed by atoms with Crippen LogP contribution in [0.25, 0.3) is 0 Å². The molecule has 0 aliphatic carbocycles. The smallest absolute Gasteiger partial charge is 0.328 e. The maximum atomic E-state index is 13.5. The first-order valence-corrected chi connectivity index (χ1v) is 9.85. The van der Waals surface area contributed by atoms with Gasteiger partial charge in [-0.2, -0.15) is 0 Å². The first-order chi connectivity index (χ1) is 14.0. The number of ether oxygens (including phenoxy) is 3. The number of aryl methyl sites for hydroxylation is 1. The van der Waals surface area contributed by atoms with Crippen molar-refractivity contribution in [3.05, 3.63) is 29.6 Å². The third kappa shape index (κ3) is 6.73. The van der Waals surface area contributed by atoms with E-state index in [0.717, 1.165) is 0 Å². The SMILES string of the molecule is CCOC(=O)CCCC(C(=O)COC)(C(=O)OC(C)(C)C)C(=O)c1cncc(C)c1. The van der Waals surface area contributed by atoms with E-state index >= 15 is 0 Å². The highest BCUT2D eigenvalue weighted by atomic mass is 16.6. The number of ketones is 2. The molecule has 0 bridgehead atoms. The predicted octanol–water partition coefficient (Wildman–Crippen LogP) is 2.85. The van der Waals surface area contributed by atoms with Gasteiger partial charge in [-0.25, -0.2) is 0 Å². The van der Waals surface area contributed by atoms with Crippen LogP contribution in [0.5, 0.6) is 0 Å². The first-order valence-electron chi connectivity index (χ1n) is 9.85. The zero-order chi connectivity index (χ0) is 22.9. The Balaban J connectivity index is 3.44. The summed E-state index contributed by atoms with van der Waals surface area (Å²) >= 11 is 0. The zero-order valence-corrected chi connectivity index (χ0v) is 18.6. The first kappa shape index (κ1) is 25.4. The lowest BCUT2D eigenvalue weighted by molar-refractivity contribution is -0.168. The summed E-state index contributed by atoms with van der Waals surface area (Å²) in [6.45, 7) is 8.13. The highest BCUT2D eigenvalue weighted by molar-refractivity contribution is 6.27. The molecule has 1 rings (SSSR count). The fourth-order valence-corrected chi connectivity index (χ4v) is 2.96. The predicted molar refractivity (Wildman–Crippen MR) is 109 cm³/mol. The molecule has 166 valence electrons. The van der Waals surface area contributed by atoms with Crippen LogP contribution < -0.4 is 0 Å². The maximum absolute atomic E-state index is 13.5. The van der Waals surface area contributed by atoms with Gasteiger partial charge in [-0.3, -0.25) is 24.2 Å². The Morgan fingerprint density at radius 1 is 1.10 bits per heavy atom. The summed E-state index contributed by atoms with van der Waals surface area (Å²) in [4.78, 5) is 55.6. The van der Waals surface area contributed by atoms with E-state index in [9.17, 15) is 19.2 Å². The molecule has 1 unspecified atom stereocenters. The van der Waals surface area contributed by atoms with Crippen molar-refractivity contribution >= 4 is 23.5 Å². The van der Waals surface area contributed by atoms with Crippen molar-refractivity contribution in [3.8, 4) is 0 Å². The quantitative estimate of drug-likeness (QED) is 0.305. The van der Waals surface area contributed by atoms with E-state index in [1.807, 2.05) is 0 Å². The molecule has 0 saturated heterocycles. The number of carbonyl (C=O) groups is 4. The summed E-state index contributed by atoms with van der Waals surface area (Å²) in [5, 5.41) is 0. The van der Waals surface area contributed by atoms with E-state index in [-0.39, 0.29) is 31.4 Å². The van der Waals surface area contributed by atoms with Crippen LogP contribution in [-0.2, 0) is 28.6 Å². The van der Waals surface area contributed by atoms with Gasteiger partial charge in [0, 0.05) is 31.5 Å². The summed E-state index contributed by atoms with van der Waals surface area (Å²) in [5.74, 6) is -2.89. The van der Waals surface area contributed by atoms with Gasteiger partial charge >= 0.3 is 11.9 Å². The van der Waals surface area contributed by atoms with Gasteiger partial charge in [0.15, 0.2) is 17.0 Å². The minimum atomic E-state index is -2.15. The average molecular weight is 421 g/mol. The number of hydrogen-bond acceptors (Lipinski definition) is 8. The standard InChI is InChI=1S/C22H31NO7/c1-7-29-18(25)9-8-10-22(17(24)14-28-6,20(27)30-21(3,4)5)19(26)16-11-15(2)12-23-13-16/h11-13H,7-10,14H2,1-6H3. The fourth-order valence-electron chi connectivity index (χ4n) is 2.96. The van der Waals surface area contributed by atoms with Crippen LogP contribution in [0.4, 0.5) is 0 Å². The van der Waals surface area contributed by atoms with Crippen LogP contribution in [-0.4, -0.2) is 54.4 Å². The van der Waals surface area contributed by atoms with E-state index in [2.05, 4.69) is 4.98 Å². The molecule has 8 heteroatoms. The number of aromatic nitrogens is 1. The van der Waals surface area contributed by atoms with E-state index in [0.29, 0.717) is 5.56 Å². The van der Waals surface area contributed by atoms with Crippen LogP contribution in [0.2, 0.25) is 0 Å². The molecule has 0 amide bonds. The molecule has 0 aromatic carbocycles. The molecule has 0 radical (unpaired) electrons. The lowest BCUT2D eigenvalue weighted by atomic mass is 9.72. The van der Waals surface area contributed by atoms with Crippen LogP contribution in [0.15, 0.2) is 18.5 Å². The van der Waals surface area contributed by atoms with Gasteiger partial charge in [0.1, 0.15) is 12.2 Å². The number of pyridine rings is 1.